The predicted octanol–water partition coefficient (Wildman–Crippen LogP) is 3.36. The number of hydrogen-bond acceptors (Lipinski definition) is 4. The lowest BCUT2D eigenvalue weighted by molar-refractivity contribution is 0.0697. The van der Waals surface area contributed by atoms with Gasteiger partial charge in [0.25, 0.3) is 5.56 Å². The van der Waals surface area contributed by atoms with E-state index >= 15 is 0 Å². The van der Waals surface area contributed by atoms with E-state index in [4.69, 9.17) is 5.11 Å². The van der Waals surface area contributed by atoms with Crippen molar-refractivity contribution in [1.82, 2.24) is 9.55 Å². The molecule has 120 valence electrons. The number of hydrogen-bond donors (Lipinski definition) is 1. The number of para-hydroxylation sites is 1. The molecule has 0 saturated carbocycles. The molecule has 5 nitrogen and oxygen atoms in total. The molecule has 6 heteroatoms. The van der Waals surface area contributed by atoms with E-state index in [2.05, 4.69) is 11.6 Å². The number of rotatable bonds is 5. The summed E-state index contributed by atoms with van der Waals surface area (Å²) in [5.41, 5.74) is 0.932. The molecule has 0 aliphatic heterocycles. The molecule has 0 aliphatic carbocycles. The molecule has 2 aromatic carbocycles. The maximum absolute atomic E-state index is 13.0. The highest BCUT2D eigenvalue weighted by Gasteiger charge is 2.14. The van der Waals surface area contributed by atoms with Gasteiger partial charge in [-0.25, -0.2) is 9.78 Å². The van der Waals surface area contributed by atoms with Crippen LogP contribution in [0.25, 0.3) is 16.6 Å². The number of aromatic carboxylic acids is 1. The minimum absolute atomic E-state index is 0.0625. The van der Waals surface area contributed by atoms with Gasteiger partial charge in [-0.1, -0.05) is 36.0 Å². The van der Waals surface area contributed by atoms with Gasteiger partial charge in [-0.2, -0.15) is 0 Å². The smallest absolute Gasteiger partial charge is 0.335 e. The largest absolute Gasteiger partial charge is 0.478 e. The Hall–Kier alpha value is -2.86. The summed E-state index contributed by atoms with van der Waals surface area (Å²) < 4.78 is 1.50. The first kappa shape index (κ1) is 16.0. The van der Waals surface area contributed by atoms with E-state index in [0.29, 0.717) is 22.1 Å². The summed E-state index contributed by atoms with van der Waals surface area (Å²) in [6.45, 7) is 3.69. The van der Waals surface area contributed by atoms with Gasteiger partial charge in [0.05, 0.1) is 22.2 Å². The highest BCUT2D eigenvalue weighted by Crippen LogP contribution is 2.21. The number of carboxylic acids is 1. The fourth-order valence-electron chi connectivity index (χ4n) is 2.33. The number of benzene rings is 2. The highest BCUT2D eigenvalue weighted by atomic mass is 32.2. The highest BCUT2D eigenvalue weighted by molar-refractivity contribution is 7.99. The molecule has 0 fully saturated rings. The van der Waals surface area contributed by atoms with Gasteiger partial charge in [-0.15, -0.1) is 6.58 Å². The average molecular weight is 338 g/mol. The Bertz CT molecular complexity index is 981. The quantitative estimate of drug-likeness (QED) is 0.439. The topological polar surface area (TPSA) is 72.2 Å². The predicted molar refractivity (Wildman–Crippen MR) is 95.2 cm³/mol. The van der Waals surface area contributed by atoms with Crippen LogP contribution in [0.3, 0.4) is 0 Å². The van der Waals surface area contributed by atoms with Crippen molar-refractivity contribution in [3.63, 3.8) is 0 Å². The van der Waals surface area contributed by atoms with Crippen molar-refractivity contribution in [3.05, 3.63) is 77.1 Å². The van der Waals surface area contributed by atoms with Crippen LogP contribution in [0.4, 0.5) is 0 Å². The van der Waals surface area contributed by atoms with Crippen molar-refractivity contribution in [2.75, 3.05) is 5.75 Å². The lowest BCUT2D eigenvalue weighted by Gasteiger charge is -2.12. The summed E-state index contributed by atoms with van der Waals surface area (Å²) in [7, 11) is 0. The molecular formula is C18H14N2O3S. The zero-order chi connectivity index (χ0) is 17.1. The first-order valence-corrected chi connectivity index (χ1v) is 8.19. The summed E-state index contributed by atoms with van der Waals surface area (Å²) >= 11 is 1.40. The van der Waals surface area contributed by atoms with Crippen LogP contribution in [-0.4, -0.2) is 26.4 Å². The Morgan fingerprint density at radius 2 is 2.00 bits per heavy atom. The number of carboxylic acid groups (broad SMARTS) is 1. The molecule has 0 aliphatic rings. The standard InChI is InChI=1S/C18H14N2O3S/c1-2-10-24-18-19-15-9-8-12(17(22)23)11-14(15)16(21)20(18)13-6-4-3-5-7-13/h2-9,11H,1,10H2,(H,22,23). The Morgan fingerprint density at radius 3 is 2.67 bits per heavy atom. The fourth-order valence-corrected chi connectivity index (χ4v) is 3.08. The second-order valence-corrected chi connectivity index (χ2v) is 5.99. The van der Waals surface area contributed by atoms with Gasteiger partial charge < -0.3 is 5.11 Å². The van der Waals surface area contributed by atoms with Gasteiger partial charge in [0.1, 0.15) is 0 Å². The number of carbonyl (C=O) groups is 1. The summed E-state index contributed by atoms with van der Waals surface area (Å²) in [6.07, 6.45) is 1.74. The van der Waals surface area contributed by atoms with Crippen molar-refractivity contribution in [3.8, 4) is 5.69 Å². The summed E-state index contributed by atoms with van der Waals surface area (Å²) in [6, 6.07) is 13.5. The van der Waals surface area contributed by atoms with Gasteiger partial charge in [0.2, 0.25) is 0 Å². The van der Waals surface area contributed by atoms with E-state index in [-0.39, 0.29) is 16.5 Å². The van der Waals surface area contributed by atoms with Gasteiger partial charge in [-0.05, 0) is 30.3 Å². The Morgan fingerprint density at radius 1 is 1.25 bits per heavy atom. The van der Waals surface area contributed by atoms with Gasteiger partial charge in [0, 0.05) is 5.75 Å². The van der Waals surface area contributed by atoms with Crippen LogP contribution >= 0.6 is 11.8 Å². The third-order valence-electron chi connectivity index (χ3n) is 3.43. The molecular weight excluding hydrogens is 324 g/mol. The van der Waals surface area contributed by atoms with E-state index < -0.39 is 5.97 Å². The van der Waals surface area contributed by atoms with Crippen LogP contribution in [-0.2, 0) is 0 Å². The molecule has 0 amide bonds. The SMILES string of the molecule is C=CCSc1nc2ccc(C(=O)O)cc2c(=O)n1-c1ccccc1. The van der Waals surface area contributed by atoms with E-state index in [1.807, 2.05) is 30.3 Å². The molecule has 1 heterocycles. The maximum Gasteiger partial charge on any atom is 0.335 e. The monoisotopic (exact) mass is 338 g/mol. The normalized spacial score (nSPS) is 10.7. The second kappa shape index (κ2) is 6.72. The number of nitrogens with zero attached hydrogens (tertiary/aromatic N) is 2. The first-order chi connectivity index (χ1) is 11.6. The zero-order valence-electron chi connectivity index (χ0n) is 12.7. The van der Waals surface area contributed by atoms with Crippen LogP contribution in [0.5, 0.6) is 0 Å². The Kier molecular flexibility index (Phi) is 4.48. The van der Waals surface area contributed by atoms with E-state index in [9.17, 15) is 9.59 Å². The molecule has 1 N–H and O–H groups in total. The van der Waals surface area contributed by atoms with Crippen LogP contribution in [0.2, 0.25) is 0 Å². The number of thioether (sulfide) groups is 1. The lowest BCUT2D eigenvalue weighted by atomic mass is 10.1. The van der Waals surface area contributed by atoms with Gasteiger partial charge >= 0.3 is 5.97 Å². The van der Waals surface area contributed by atoms with Crippen molar-refractivity contribution in [2.45, 2.75) is 5.16 Å². The van der Waals surface area contributed by atoms with Crippen molar-refractivity contribution < 1.29 is 9.90 Å². The first-order valence-electron chi connectivity index (χ1n) is 7.21. The van der Waals surface area contributed by atoms with Crippen LogP contribution in [0.1, 0.15) is 10.4 Å². The number of aromatic nitrogens is 2. The van der Waals surface area contributed by atoms with Crippen LogP contribution in [0, 0.1) is 0 Å². The van der Waals surface area contributed by atoms with Crippen molar-refractivity contribution in [2.24, 2.45) is 0 Å². The molecule has 0 radical (unpaired) electrons. The zero-order valence-corrected chi connectivity index (χ0v) is 13.5. The van der Waals surface area contributed by atoms with Crippen LogP contribution < -0.4 is 5.56 Å². The Labute approximate surface area is 142 Å². The maximum atomic E-state index is 13.0. The van der Waals surface area contributed by atoms with E-state index in [1.54, 1.807) is 12.1 Å². The van der Waals surface area contributed by atoms with E-state index in [0.717, 1.165) is 0 Å². The molecule has 0 spiro atoms. The van der Waals surface area contributed by atoms with Crippen molar-refractivity contribution >= 4 is 28.6 Å². The average Bonchev–Trinajstić information content (AvgIpc) is 2.60. The Balaban J connectivity index is 2.32. The summed E-state index contributed by atoms with van der Waals surface area (Å²) in [5, 5.41) is 9.97. The third-order valence-corrected chi connectivity index (χ3v) is 4.36. The van der Waals surface area contributed by atoms with E-state index in [1.165, 1.54) is 28.5 Å². The molecule has 24 heavy (non-hydrogen) atoms. The minimum atomic E-state index is -1.08. The summed E-state index contributed by atoms with van der Waals surface area (Å²) in [5.74, 6) is -0.467. The van der Waals surface area contributed by atoms with Crippen LogP contribution in [0.15, 0.2) is 71.1 Å². The number of fused-ring (bicyclic) bond motifs is 1. The second-order valence-electron chi connectivity index (χ2n) is 5.01. The van der Waals surface area contributed by atoms with Gasteiger partial charge in [-0.3, -0.25) is 9.36 Å². The molecule has 0 unspecified atom stereocenters. The molecule has 3 aromatic rings. The molecule has 0 saturated heterocycles. The fraction of sp³-hybridized carbons (Fsp3) is 0.0556. The molecule has 1 aromatic heterocycles. The third kappa shape index (κ3) is 2.96. The molecule has 0 atom stereocenters. The van der Waals surface area contributed by atoms with Gasteiger partial charge in [0.15, 0.2) is 5.16 Å². The summed E-state index contributed by atoms with van der Waals surface area (Å²) in [4.78, 5) is 28.7. The minimum Gasteiger partial charge on any atom is -0.478 e. The van der Waals surface area contributed by atoms with Crippen molar-refractivity contribution in [1.29, 1.82) is 0 Å². The molecule has 3 rings (SSSR count). The lowest BCUT2D eigenvalue weighted by Crippen LogP contribution is -2.22. The molecule has 0 bridgehead atoms.